The molecule has 2 aliphatic heterocycles. The summed E-state index contributed by atoms with van der Waals surface area (Å²) in [5.74, 6) is -0.173. The van der Waals surface area contributed by atoms with E-state index in [9.17, 15) is 13.2 Å². The number of aryl methyl sites for hydroxylation is 2. The van der Waals surface area contributed by atoms with E-state index in [1.54, 1.807) is 7.05 Å². The molecule has 3 heterocycles. The van der Waals surface area contributed by atoms with E-state index in [2.05, 4.69) is 24.2 Å². The number of amides is 1. The van der Waals surface area contributed by atoms with Gasteiger partial charge in [-0.25, -0.2) is 8.42 Å². The highest BCUT2D eigenvalue weighted by Gasteiger charge is 2.46. The van der Waals surface area contributed by atoms with E-state index in [4.69, 9.17) is 0 Å². The van der Waals surface area contributed by atoms with Crippen molar-refractivity contribution >= 4 is 21.6 Å². The van der Waals surface area contributed by atoms with E-state index in [1.165, 1.54) is 45.4 Å². The van der Waals surface area contributed by atoms with Crippen LogP contribution in [0.3, 0.4) is 0 Å². The average molecular weight is 457 g/mol. The Morgan fingerprint density at radius 1 is 1.00 bits per heavy atom. The zero-order valence-electron chi connectivity index (χ0n) is 19.0. The fourth-order valence-corrected chi connectivity index (χ4v) is 7.25. The van der Waals surface area contributed by atoms with Crippen LogP contribution in [0.4, 0.5) is 5.69 Å². The van der Waals surface area contributed by atoms with Gasteiger partial charge in [0.05, 0.1) is 0 Å². The van der Waals surface area contributed by atoms with Crippen LogP contribution in [-0.2, 0) is 22.5 Å². The molecule has 1 spiro atoms. The van der Waals surface area contributed by atoms with E-state index < -0.39 is 10.0 Å². The number of aromatic nitrogens is 2. The third kappa shape index (κ3) is 3.48. The normalized spacial score (nSPS) is 21.1. The van der Waals surface area contributed by atoms with E-state index in [0.29, 0.717) is 25.3 Å². The summed E-state index contributed by atoms with van der Waals surface area (Å²) in [6, 6.07) is 7.81. The number of carbonyl (C=O) groups excluding carboxylic acids is 1. The lowest BCUT2D eigenvalue weighted by Crippen LogP contribution is -2.39. The molecule has 3 aliphatic rings. The average Bonchev–Trinajstić information content (AvgIpc) is 3.33. The molecule has 1 aliphatic carbocycles. The molecule has 32 heavy (non-hydrogen) atoms. The minimum absolute atomic E-state index is 0.0105. The summed E-state index contributed by atoms with van der Waals surface area (Å²) in [6.45, 7) is 3.79. The highest BCUT2D eigenvalue weighted by Crippen LogP contribution is 2.49. The Balaban J connectivity index is 1.49. The van der Waals surface area contributed by atoms with Crippen molar-refractivity contribution in [3.8, 4) is 0 Å². The molecule has 0 unspecified atom stereocenters. The van der Waals surface area contributed by atoms with Crippen LogP contribution in [0.1, 0.15) is 73.0 Å². The van der Waals surface area contributed by atoms with Crippen molar-refractivity contribution < 1.29 is 13.2 Å². The molecule has 1 saturated carbocycles. The molecule has 1 saturated heterocycles. The molecule has 0 radical (unpaired) electrons. The van der Waals surface area contributed by atoms with E-state index in [-0.39, 0.29) is 16.3 Å². The van der Waals surface area contributed by atoms with Crippen molar-refractivity contribution in [1.29, 1.82) is 0 Å². The number of nitrogens with zero attached hydrogens (tertiary/aromatic N) is 4. The third-order valence-corrected chi connectivity index (χ3v) is 9.30. The summed E-state index contributed by atoms with van der Waals surface area (Å²) in [4.78, 5) is 15.6. The number of piperidine rings is 1. The van der Waals surface area contributed by atoms with Gasteiger partial charge in [-0.2, -0.15) is 9.40 Å². The topological polar surface area (TPSA) is 75.5 Å². The van der Waals surface area contributed by atoms with E-state index >= 15 is 0 Å². The minimum Gasteiger partial charge on any atom is -0.306 e. The predicted molar refractivity (Wildman–Crippen MR) is 123 cm³/mol. The molecular weight excluding hydrogens is 424 g/mol. The second-order valence-electron chi connectivity index (χ2n) is 9.71. The number of benzene rings is 1. The molecule has 0 bridgehead atoms. The molecule has 2 aromatic rings. The van der Waals surface area contributed by atoms with Crippen LogP contribution in [0, 0.1) is 6.92 Å². The number of hydrogen-bond donors (Lipinski definition) is 0. The molecule has 0 atom stereocenters. The SMILES string of the molecule is Cc1ccc2c(c1)C1(CCCCC1)CN2C(=O)c1cc(S(=O)(=O)N2CCCCC2)nn1C. The number of hydrogen-bond acceptors (Lipinski definition) is 4. The summed E-state index contributed by atoms with van der Waals surface area (Å²) in [6.07, 6.45) is 8.57. The van der Waals surface area contributed by atoms with Gasteiger partial charge in [0.15, 0.2) is 5.03 Å². The lowest BCUT2D eigenvalue weighted by atomic mass is 9.70. The van der Waals surface area contributed by atoms with Gasteiger partial charge in [-0.05, 0) is 44.2 Å². The van der Waals surface area contributed by atoms with Crippen molar-refractivity contribution in [2.24, 2.45) is 7.05 Å². The van der Waals surface area contributed by atoms with Gasteiger partial charge in [-0.1, -0.05) is 43.4 Å². The summed E-state index contributed by atoms with van der Waals surface area (Å²) < 4.78 is 29.1. The Kier molecular flexibility index (Phi) is 5.40. The van der Waals surface area contributed by atoms with Crippen molar-refractivity contribution in [2.45, 2.75) is 68.7 Å². The quantitative estimate of drug-likeness (QED) is 0.705. The Hall–Kier alpha value is -2.19. The fourth-order valence-electron chi connectivity index (χ4n) is 5.76. The molecule has 8 heteroatoms. The summed E-state index contributed by atoms with van der Waals surface area (Å²) in [5, 5.41) is 4.24. The number of rotatable bonds is 3. The van der Waals surface area contributed by atoms with Crippen LogP contribution < -0.4 is 4.90 Å². The molecule has 1 aromatic carbocycles. The van der Waals surface area contributed by atoms with Gasteiger partial charge in [0, 0.05) is 43.9 Å². The zero-order valence-corrected chi connectivity index (χ0v) is 19.8. The second kappa shape index (κ2) is 7.99. The van der Waals surface area contributed by atoms with Crippen molar-refractivity contribution in [2.75, 3.05) is 24.5 Å². The smallest absolute Gasteiger partial charge is 0.276 e. The summed E-state index contributed by atoms with van der Waals surface area (Å²) >= 11 is 0. The zero-order chi connectivity index (χ0) is 22.5. The standard InChI is InChI=1S/C24H32N4O3S/c1-18-9-10-20-19(15-18)24(11-5-3-6-12-24)17-28(20)23(29)21-16-22(25-26(21)2)32(30,31)27-13-7-4-8-14-27/h9-10,15-16H,3-8,11-14,17H2,1-2H3. The number of carbonyl (C=O) groups is 1. The maximum absolute atomic E-state index is 13.7. The minimum atomic E-state index is -3.68. The molecule has 1 amide bonds. The first-order valence-corrected chi connectivity index (χ1v) is 13.2. The van der Waals surface area contributed by atoms with Gasteiger partial charge in [-0.3, -0.25) is 9.48 Å². The maximum Gasteiger partial charge on any atom is 0.276 e. The highest BCUT2D eigenvalue weighted by molar-refractivity contribution is 7.89. The van der Waals surface area contributed by atoms with Gasteiger partial charge in [0.1, 0.15) is 5.69 Å². The molecule has 0 N–H and O–H groups in total. The van der Waals surface area contributed by atoms with Crippen molar-refractivity contribution in [1.82, 2.24) is 14.1 Å². The third-order valence-electron chi connectivity index (χ3n) is 7.53. The lowest BCUT2D eigenvalue weighted by Gasteiger charge is -2.34. The number of sulfonamides is 1. The van der Waals surface area contributed by atoms with Gasteiger partial charge in [-0.15, -0.1) is 0 Å². The number of fused-ring (bicyclic) bond motifs is 2. The molecule has 7 nitrogen and oxygen atoms in total. The monoisotopic (exact) mass is 456 g/mol. The van der Waals surface area contributed by atoms with Crippen LogP contribution in [0.15, 0.2) is 29.3 Å². The van der Waals surface area contributed by atoms with E-state index in [1.807, 2.05) is 11.0 Å². The molecule has 2 fully saturated rings. The van der Waals surface area contributed by atoms with Gasteiger partial charge in [0.25, 0.3) is 15.9 Å². The molecule has 5 rings (SSSR count). The lowest BCUT2D eigenvalue weighted by molar-refractivity contribution is 0.0973. The first-order chi connectivity index (χ1) is 15.3. The molecule has 1 aromatic heterocycles. The Labute approximate surface area is 190 Å². The Morgan fingerprint density at radius 3 is 2.41 bits per heavy atom. The van der Waals surface area contributed by atoms with Gasteiger partial charge < -0.3 is 4.90 Å². The van der Waals surface area contributed by atoms with Crippen molar-refractivity contribution in [3.05, 3.63) is 41.1 Å². The van der Waals surface area contributed by atoms with Crippen LogP contribution in [0.5, 0.6) is 0 Å². The van der Waals surface area contributed by atoms with Crippen LogP contribution in [0.25, 0.3) is 0 Å². The number of anilines is 1. The first-order valence-electron chi connectivity index (χ1n) is 11.8. The van der Waals surface area contributed by atoms with Crippen molar-refractivity contribution in [3.63, 3.8) is 0 Å². The van der Waals surface area contributed by atoms with Gasteiger partial charge in [0.2, 0.25) is 0 Å². The fraction of sp³-hybridized carbons (Fsp3) is 0.583. The largest absolute Gasteiger partial charge is 0.306 e. The first kappa shape index (κ1) is 21.6. The second-order valence-corrected chi connectivity index (χ2v) is 11.6. The molecular formula is C24H32N4O3S. The molecule has 172 valence electrons. The maximum atomic E-state index is 13.7. The highest BCUT2D eigenvalue weighted by atomic mass is 32.2. The summed E-state index contributed by atoms with van der Waals surface area (Å²) in [5.41, 5.74) is 3.77. The van der Waals surface area contributed by atoms with E-state index in [0.717, 1.165) is 37.8 Å². The predicted octanol–water partition coefficient (Wildman–Crippen LogP) is 3.77. The van der Waals surface area contributed by atoms with Gasteiger partial charge >= 0.3 is 0 Å². The Bertz CT molecular complexity index is 1140. The summed E-state index contributed by atoms with van der Waals surface area (Å²) in [7, 11) is -2.03. The van der Waals surface area contributed by atoms with Crippen LogP contribution in [-0.4, -0.2) is 48.0 Å². The van der Waals surface area contributed by atoms with Crippen LogP contribution in [0.2, 0.25) is 0 Å². The Morgan fingerprint density at radius 2 is 1.69 bits per heavy atom. The van der Waals surface area contributed by atoms with Crippen LogP contribution >= 0.6 is 0 Å².